The molecule has 3 nitrogen and oxygen atoms in total. The number of ether oxygens (including phenoxy) is 1. The number of halogens is 1. The molecule has 2 aromatic carbocycles. The Morgan fingerprint density at radius 1 is 1.25 bits per heavy atom. The number of carbonyl (C=O) groups excluding carboxylic acids is 1. The fourth-order valence-electron chi connectivity index (χ4n) is 1.88. The van der Waals surface area contributed by atoms with Crippen molar-refractivity contribution in [3.05, 3.63) is 59.1 Å². The second kappa shape index (κ2) is 6.44. The number of esters is 1. The largest absolute Gasteiger partial charge is 0.426 e. The first-order chi connectivity index (χ1) is 9.54. The van der Waals surface area contributed by atoms with Gasteiger partial charge in [-0.25, -0.2) is 0 Å². The summed E-state index contributed by atoms with van der Waals surface area (Å²) in [5.74, 6) is -0.0129. The van der Waals surface area contributed by atoms with Crippen LogP contribution >= 0.6 is 11.6 Å². The molecule has 1 unspecified atom stereocenters. The molecule has 0 aromatic heterocycles. The maximum atomic E-state index is 12.0. The summed E-state index contributed by atoms with van der Waals surface area (Å²) in [6.07, 6.45) is 0.595. The third-order valence-electron chi connectivity index (χ3n) is 2.93. The normalized spacial score (nSPS) is 11.9. The number of anilines is 1. The average molecular weight is 290 g/mol. The van der Waals surface area contributed by atoms with Crippen LogP contribution in [0.2, 0.25) is 5.02 Å². The van der Waals surface area contributed by atoms with Crippen molar-refractivity contribution in [1.82, 2.24) is 0 Å². The summed E-state index contributed by atoms with van der Waals surface area (Å²) in [5, 5.41) is 0.609. The van der Waals surface area contributed by atoms with Crippen molar-refractivity contribution in [3.63, 3.8) is 0 Å². The van der Waals surface area contributed by atoms with Crippen LogP contribution in [0.15, 0.2) is 48.5 Å². The van der Waals surface area contributed by atoms with Gasteiger partial charge in [-0.3, -0.25) is 4.79 Å². The molecule has 104 valence electrons. The number of benzene rings is 2. The second-order valence-electron chi connectivity index (χ2n) is 4.73. The molecule has 0 spiro atoms. The molecule has 0 bridgehead atoms. The van der Waals surface area contributed by atoms with Gasteiger partial charge < -0.3 is 10.5 Å². The predicted molar refractivity (Wildman–Crippen MR) is 80.8 cm³/mol. The van der Waals surface area contributed by atoms with Crippen LogP contribution in [0.5, 0.6) is 5.75 Å². The molecule has 2 N–H and O–H groups in total. The highest BCUT2D eigenvalue weighted by Crippen LogP contribution is 2.18. The van der Waals surface area contributed by atoms with Gasteiger partial charge in [-0.2, -0.15) is 0 Å². The van der Waals surface area contributed by atoms with Crippen molar-refractivity contribution in [1.29, 1.82) is 0 Å². The van der Waals surface area contributed by atoms with E-state index in [0.29, 0.717) is 22.9 Å². The van der Waals surface area contributed by atoms with Crippen LogP contribution in [0.3, 0.4) is 0 Å². The van der Waals surface area contributed by atoms with Crippen molar-refractivity contribution in [2.45, 2.75) is 13.3 Å². The van der Waals surface area contributed by atoms with E-state index in [1.165, 1.54) is 0 Å². The molecule has 20 heavy (non-hydrogen) atoms. The molecular weight excluding hydrogens is 274 g/mol. The van der Waals surface area contributed by atoms with Crippen LogP contribution in [0.4, 0.5) is 5.69 Å². The second-order valence-corrected chi connectivity index (χ2v) is 5.16. The fraction of sp³-hybridized carbons (Fsp3) is 0.188. The molecule has 4 heteroatoms. The highest BCUT2D eigenvalue weighted by molar-refractivity contribution is 6.30. The minimum atomic E-state index is -0.269. The minimum Gasteiger partial charge on any atom is -0.426 e. The van der Waals surface area contributed by atoms with Crippen LogP contribution in [0.1, 0.15) is 12.5 Å². The lowest BCUT2D eigenvalue weighted by molar-refractivity contribution is -0.138. The number of rotatable bonds is 4. The van der Waals surface area contributed by atoms with E-state index in [4.69, 9.17) is 22.1 Å². The summed E-state index contributed by atoms with van der Waals surface area (Å²) in [6, 6.07) is 14.2. The molecule has 0 fully saturated rings. The number of nitrogen functional groups attached to an aromatic ring is 1. The number of hydrogen-bond donors (Lipinski definition) is 1. The topological polar surface area (TPSA) is 52.3 Å². The summed E-state index contributed by atoms with van der Waals surface area (Å²) in [6.45, 7) is 1.83. The lowest BCUT2D eigenvalue weighted by atomic mass is 10.0. The van der Waals surface area contributed by atoms with Crippen molar-refractivity contribution in [2.75, 3.05) is 5.73 Å². The Labute approximate surface area is 123 Å². The van der Waals surface area contributed by atoms with Crippen molar-refractivity contribution in [3.8, 4) is 5.75 Å². The Bertz CT molecular complexity index is 596. The van der Waals surface area contributed by atoms with E-state index < -0.39 is 0 Å². The highest BCUT2D eigenvalue weighted by Gasteiger charge is 2.16. The molecule has 0 saturated carbocycles. The molecule has 2 aromatic rings. The van der Waals surface area contributed by atoms with E-state index in [1.807, 2.05) is 31.2 Å². The summed E-state index contributed by atoms with van der Waals surface area (Å²) in [4.78, 5) is 12.0. The zero-order valence-corrected chi connectivity index (χ0v) is 11.9. The Hall–Kier alpha value is -2.00. The van der Waals surface area contributed by atoms with Gasteiger partial charge in [-0.15, -0.1) is 0 Å². The molecule has 0 saturated heterocycles. The predicted octanol–water partition coefficient (Wildman–Crippen LogP) is 3.71. The molecule has 0 amide bonds. The molecule has 0 radical (unpaired) electrons. The van der Waals surface area contributed by atoms with Crippen LogP contribution < -0.4 is 10.5 Å². The number of nitrogens with two attached hydrogens (primary N) is 1. The van der Waals surface area contributed by atoms with E-state index in [2.05, 4.69) is 0 Å². The van der Waals surface area contributed by atoms with E-state index in [1.54, 1.807) is 24.3 Å². The summed E-state index contributed by atoms with van der Waals surface area (Å²) < 4.78 is 5.30. The first-order valence-corrected chi connectivity index (χ1v) is 6.74. The average Bonchev–Trinajstić information content (AvgIpc) is 2.41. The van der Waals surface area contributed by atoms with Gasteiger partial charge in [-0.05, 0) is 48.4 Å². The Morgan fingerprint density at radius 2 is 1.95 bits per heavy atom. The standard InChI is InChI=1S/C16H16ClNO2/c1-11(9-12-3-2-4-14(18)10-12)16(19)20-15-7-5-13(17)6-8-15/h2-8,10-11H,9,18H2,1H3. The maximum absolute atomic E-state index is 12.0. The van der Waals surface area contributed by atoms with Gasteiger partial charge in [0.1, 0.15) is 5.75 Å². The fourth-order valence-corrected chi connectivity index (χ4v) is 2.00. The highest BCUT2D eigenvalue weighted by atomic mass is 35.5. The van der Waals surface area contributed by atoms with Gasteiger partial charge in [0.15, 0.2) is 0 Å². The van der Waals surface area contributed by atoms with Gasteiger partial charge in [0, 0.05) is 10.7 Å². The lowest BCUT2D eigenvalue weighted by Gasteiger charge is -2.11. The summed E-state index contributed by atoms with van der Waals surface area (Å²) in [5.41, 5.74) is 7.43. The molecule has 2 rings (SSSR count). The zero-order chi connectivity index (χ0) is 14.5. The SMILES string of the molecule is CC(Cc1cccc(N)c1)C(=O)Oc1ccc(Cl)cc1. The van der Waals surface area contributed by atoms with Crippen LogP contribution in [0.25, 0.3) is 0 Å². The van der Waals surface area contributed by atoms with E-state index >= 15 is 0 Å². The summed E-state index contributed by atoms with van der Waals surface area (Å²) in [7, 11) is 0. The monoisotopic (exact) mass is 289 g/mol. The number of hydrogen-bond acceptors (Lipinski definition) is 3. The van der Waals surface area contributed by atoms with Crippen molar-refractivity contribution in [2.24, 2.45) is 5.92 Å². The van der Waals surface area contributed by atoms with Gasteiger partial charge >= 0.3 is 5.97 Å². The first kappa shape index (κ1) is 14.4. The molecule has 0 heterocycles. The zero-order valence-electron chi connectivity index (χ0n) is 11.2. The van der Waals surface area contributed by atoms with E-state index in [9.17, 15) is 4.79 Å². The van der Waals surface area contributed by atoms with Gasteiger partial charge in [0.2, 0.25) is 0 Å². The van der Waals surface area contributed by atoms with E-state index in [0.717, 1.165) is 5.56 Å². The van der Waals surface area contributed by atoms with Crippen LogP contribution in [-0.4, -0.2) is 5.97 Å². The lowest BCUT2D eigenvalue weighted by Crippen LogP contribution is -2.19. The Kier molecular flexibility index (Phi) is 4.64. The molecule has 0 aliphatic rings. The minimum absolute atomic E-state index is 0.243. The quantitative estimate of drug-likeness (QED) is 0.530. The third kappa shape index (κ3) is 4.00. The smallest absolute Gasteiger partial charge is 0.314 e. The van der Waals surface area contributed by atoms with Gasteiger partial charge in [0.25, 0.3) is 0 Å². The van der Waals surface area contributed by atoms with Gasteiger partial charge in [-0.1, -0.05) is 30.7 Å². The Balaban J connectivity index is 1.96. The third-order valence-corrected chi connectivity index (χ3v) is 3.18. The molecule has 0 aliphatic carbocycles. The van der Waals surface area contributed by atoms with E-state index in [-0.39, 0.29) is 11.9 Å². The summed E-state index contributed by atoms with van der Waals surface area (Å²) >= 11 is 5.78. The van der Waals surface area contributed by atoms with Gasteiger partial charge in [0.05, 0.1) is 5.92 Å². The molecule has 0 aliphatic heterocycles. The van der Waals surface area contributed by atoms with Crippen LogP contribution in [0, 0.1) is 5.92 Å². The van der Waals surface area contributed by atoms with Crippen LogP contribution in [-0.2, 0) is 11.2 Å². The van der Waals surface area contributed by atoms with Crippen molar-refractivity contribution >= 4 is 23.3 Å². The number of carbonyl (C=O) groups is 1. The molecular formula is C16H16ClNO2. The van der Waals surface area contributed by atoms with Crippen molar-refractivity contribution < 1.29 is 9.53 Å². The molecule has 1 atom stereocenters. The Morgan fingerprint density at radius 3 is 2.60 bits per heavy atom. The maximum Gasteiger partial charge on any atom is 0.314 e. The first-order valence-electron chi connectivity index (χ1n) is 6.36.